The van der Waals surface area contributed by atoms with Crippen molar-refractivity contribution in [3.63, 3.8) is 0 Å². The smallest absolute Gasteiger partial charge is 0.229 e. The molecule has 1 aromatic heterocycles. The van der Waals surface area contributed by atoms with Crippen LogP contribution in [0.4, 0.5) is 5.82 Å². The maximum absolute atomic E-state index is 12.9. The van der Waals surface area contributed by atoms with Crippen molar-refractivity contribution in [2.75, 3.05) is 37.7 Å². The molecule has 1 saturated heterocycles. The Bertz CT molecular complexity index is 853. The van der Waals surface area contributed by atoms with Gasteiger partial charge in [-0.2, -0.15) is 5.26 Å². The first-order valence-electron chi connectivity index (χ1n) is 8.85. The van der Waals surface area contributed by atoms with Crippen LogP contribution in [0.5, 0.6) is 5.75 Å². The standard InChI is InChI=1S/C20H20N4O2/c21-13-15-5-6-22-19(11-15)23-7-9-24(10-8-23)20(25)17-12-16-3-1-2-4-18(16)26-14-17/h1-6,11,17H,7-10,12,14H2. The number of nitrogens with zero attached hydrogens (tertiary/aromatic N) is 4. The van der Waals surface area contributed by atoms with Crippen LogP contribution in [0, 0.1) is 17.2 Å². The van der Waals surface area contributed by atoms with E-state index in [9.17, 15) is 4.79 Å². The molecule has 6 heteroatoms. The maximum atomic E-state index is 12.9. The number of carbonyl (C=O) groups is 1. The number of para-hydroxylation sites is 1. The van der Waals surface area contributed by atoms with Gasteiger partial charge in [-0.3, -0.25) is 4.79 Å². The average Bonchev–Trinajstić information content (AvgIpc) is 2.73. The molecular formula is C20H20N4O2. The van der Waals surface area contributed by atoms with Crippen molar-refractivity contribution in [3.05, 3.63) is 53.7 Å². The summed E-state index contributed by atoms with van der Waals surface area (Å²) in [6, 6.07) is 13.6. The number of fused-ring (bicyclic) bond motifs is 1. The highest BCUT2D eigenvalue weighted by Gasteiger charge is 2.31. The lowest BCUT2D eigenvalue weighted by Crippen LogP contribution is -2.51. The summed E-state index contributed by atoms with van der Waals surface area (Å²) < 4.78 is 5.77. The molecule has 0 saturated carbocycles. The lowest BCUT2D eigenvalue weighted by atomic mass is 9.95. The third-order valence-electron chi connectivity index (χ3n) is 5.02. The SMILES string of the molecule is N#Cc1ccnc(N2CCN(C(=O)C3COc4ccccc4C3)CC2)c1. The van der Waals surface area contributed by atoms with Crippen LogP contribution in [-0.4, -0.2) is 48.6 Å². The van der Waals surface area contributed by atoms with Gasteiger partial charge >= 0.3 is 0 Å². The largest absolute Gasteiger partial charge is 0.492 e. The monoisotopic (exact) mass is 348 g/mol. The number of ether oxygens (including phenoxy) is 1. The molecule has 2 aliphatic heterocycles. The van der Waals surface area contributed by atoms with Crippen LogP contribution >= 0.6 is 0 Å². The van der Waals surface area contributed by atoms with Crippen LogP contribution in [0.25, 0.3) is 0 Å². The fraction of sp³-hybridized carbons (Fsp3) is 0.350. The highest BCUT2D eigenvalue weighted by molar-refractivity contribution is 5.80. The number of aromatic nitrogens is 1. The van der Waals surface area contributed by atoms with E-state index in [1.54, 1.807) is 18.3 Å². The van der Waals surface area contributed by atoms with Crippen molar-refractivity contribution in [1.82, 2.24) is 9.88 Å². The van der Waals surface area contributed by atoms with Crippen LogP contribution in [0.15, 0.2) is 42.6 Å². The number of pyridine rings is 1. The third-order valence-corrected chi connectivity index (χ3v) is 5.02. The predicted molar refractivity (Wildman–Crippen MR) is 96.9 cm³/mol. The van der Waals surface area contributed by atoms with Gasteiger partial charge in [0.05, 0.1) is 17.6 Å². The van der Waals surface area contributed by atoms with Gasteiger partial charge in [0.15, 0.2) is 0 Å². The van der Waals surface area contributed by atoms with Crippen LogP contribution < -0.4 is 9.64 Å². The highest BCUT2D eigenvalue weighted by Crippen LogP contribution is 2.28. The first-order chi connectivity index (χ1) is 12.7. The number of rotatable bonds is 2. The van der Waals surface area contributed by atoms with Gasteiger partial charge in [0.2, 0.25) is 5.91 Å². The molecular weight excluding hydrogens is 328 g/mol. The summed E-state index contributed by atoms with van der Waals surface area (Å²) >= 11 is 0. The third kappa shape index (κ3) is 3.21. The van der Waals surface area contributed by atoms with Crippen molar-refractivity contribution < 1.29 is 9.53 Å². The molecule has 0 radical (unpaired) electrons. The van der Waals surface area contributed by atoms with Crippen molar-refractivity contribution in [2.24, 2.45) is 5.92 Å². The van der Waals surface area contributed by atoms with Crippen LogP contribution in [-0.2, 0) is 11.2 Å². The zero-order valence-electron chi connectivity index (χ0n) is 14.5. The fourth-order valence-electron chi connectivity index (χ4n) is 3.56. The first-order valence-corrected chi connectivity index (χ1v) is 8.85. The molecule has 4 rings (SSSR count). The molecule has 2 aromatic rings. The molecule has 0 N–H and O–H groups in total. The van der Waals surface area contributed by atoms with Gasteiger partial charge in [0.1, 0.15) is 18.2 Å². The molecule has 0 aliphatic carbocycles. The molecule has 3 heterocycles. The summed E-state index contributed by atoms with van der Waals surface area (Å²) in [5.41, 5.74) is 1.71. The number of hydrogen-bond acceptors (Lipinski definition) is 5. The van der Waals surface area contributed by atoms with E-state index in [-0.39, 0.29) is 11.8 Å². The Morgan fingerprint density at radius 1 is 1.19 bits per heavy atom. The Morgan fingerprint density at radius 2 is 2.00 bits per heavy atom. The number of hydrogen-bond donors (Lipinski definition) is 0. The van der Waals surface area contributed by atoms with Crippen LogP contribution in [0.2, 0.25) is 0 Å². The summed E-state index contributed by atoms with van der Waals surface area (Å²) in [6.07, 6.45) is 2.39. The highest BCUT2D eigenvalue weighted by atomic mass is 16.5. The topological polar surface area (TPSA) is 69.5 Å². The second-order valence-electron chi connectivity index (χ2n) is 6.65. The molecule has 6 nitrogen and oxygen atoms in total. The molecule has 1 aromatic carbocycles. The second-order valence-corrected chi connectivity index (χ2v) is 6.65. The Hall–Kier alpha value is -3.07. The van der Waals surface area contributed by atoms with Gasteiger partial charge in [-0.15, -0.1) is 0 Å². The van der Waals surface area contributed by atoms with Gasteiger partial charge in [-0.25, -0.2) is 4.98 Å². The van der Waals surface area contributed by atoms with E-state index in [1.165, 1.54) is 0 Å². The van der Waals surface area contributed by atoms with E-state index in [4.69, 9.17) is 10.00 Å². The number of anilines is 1. The normalized spacial score (nSPS) is 19.3. The zero-order chi connectivity index (χ0) is 17.9. The molecule has 2 aliphatic rings. The molecule has 0 bridgehead atoms. The summed E-state index contributed by atoms with van der Waals surface area (Å²) in [7, 11) is 0. The van der Waals surface area contributed by atoms with E-state index < -0.39 is 0 Å². The zero-order valence-corrected chi connectivity index (χ0v) is 14.5. The summed E-state index contributed by atoms with van der Waals surface area (Å²) in [4.78, 5) is 21.3. The molecule has 1 amide bonds. The number of nitriles is 1. The Balaban J connectivity index is 1.37. The van der Waals surface area contributed by atoms with Crippen molar-refractivity contribution in [1.29, 1.82) is 5.26 Å². The summed E-state index contributed by atoms with van der Waals surface area (Å²) in [5, 5.41) is 9.03. The number of amides is 1. The Labute approximate surface area is 152 Å². The minimum Gasteiger partial charge on any atom is -0.492 e. The summed E-state index contributed by atoms with van der Waals surface area (Å²) in [5.74, 6) is 1.74. The lowest BCUT2D eigenvalue weighted by molar-refractivity contribution is -0.137. The molecule has 132 valence electrons. The van der Waals surface area contributed by atoms with Gasteiger partial charge < -0.3 is 14.5 Å². The van der Waals surface area contributed by atoms with E-state index in [1.807, 2.05) is 29.2 Å². The molecule has 1 fully saturated rings. The lowest BCUT2D eigenvalue weighted by Gasteiger charge is -2.37. The van der Waals surface area contributed by atoms with Crippen molar-refractivity contribution in [2.45, 2.75) is 6.42 Å². The minimum absolute atomic E-state index is 0.114. The van der Waals surface area contributed by atoms with Gasteiger partial charge in [-0.1, -0.05) is 18.2 Å². The average molecular weight is 348 g/mol. The van der Waals surface area contributed by atoms with Gasteiger partial charge in [-0.05, 0) is 30.2 Å². The quantitative estimate of drug-likeness (QED) is 0.828. The first kappa shape index (κ1) is 16.4. The summed E-state index contributed by atoms with van der Waals surface area (Å²) in [6.45, 7) is 3.21. The number of piperazine rings is 1. The molecule has 1 atom stereocenters. The van der Waals surface area contributed by atoms with Crippen LogP contribution in [0.1, 0.15) is 11.1 Å². The molecule has 1 unspecified atom stereocenters. The Kier molecular flexibility index (Phi) is 4.44. The van der Waals surface area contributed by atoms with E-state index in [2.05, 4.69) is 16.0 Å². The maximum Gasteiger partial charge on any atom is 0.229 e. The van der Waals surface area contributed by atoms with Crippen molar-refractivity contribution in [3.8, 4) is 11.8 Å². The number of benzene rings is 1. The van der Waals surface area contributed by atoms with Gasteiger partial charge in [0.25, 0.3) is 0 Å². The molecule has 0 spiro atoms. The van der Waals surface area contributed by atoms with Crippen LogP contribution in [0.3, 0.4) is 0 Å². The Morgan fingerprint density at radius 3 is 2.81 bits per heavy atom. The van der Waals surface area contributed by atoms with E-state index in [0.717, 1.165) is 36.6 Å². The van der Waals surface area contributed by atoms with Gasteiger partial charge in [0, 0.05) is 32.4 Å². The molecule has 26 heavy (non-hydrogen) atoms. The second kappa shape index (κ2) is 7.04. The fourth-order valence-corrected chi connectivity index (χ4v) is 3.56. The minimum atomic E-state index is -0.114. The predicted octanol–water partition coefficient (Wildman–Crippen LogP) is 1.85. The number of carbonyl (C=O) groups excluding carboxylic acids is 1. The van der Waals surface area contributed by atoms with E-state index >= 15 is 0 Å². The van der Waals surface area contributed by atoms with Crippen molar-refractivity contribution >= 4 is 11.7 Å². The van der Waals surface area contributed by atoms with E-state index in [0.29, 0.717) is 25.3 Å².